The molecule has 15 heteroatoms. The SMILES string of the molecule is COc1ncc(-c2cccc(NC(=O)C(=O)NC(C)(C)CN3CCN(c4ccc(C(=O)OC(=O)C(F)(F)F)cc4)CC3)c2)o1. The monoisotopic (exact) mass is 617 g/mol. The van der Waals surface area contributed by atoms with E-state index in [2.05, 4.69) is 25.3 Å². The van der Waals surface area contributed by atoms with Crippen molar-refractivity contribution in [3.63, 3.8) is 0 Å². The first kappa shape index (κ1) is 32.0. The van der Waals surface area contributed by atoms with Crippen LogP contribution in [0.5, 0.6) is 6.08 Å². The fourth-order valence-electron chi connectivity index (χ4n) is 4.56. The molecule has 1 fully saturated rings. The lowest BCUT2D eigenvalue weighted by atomic mass is 10.0. The molecule has 0 atom stereocenters. The number of benzene rings is 2. The molecule has 0 bridgehead atoms. The summed E-state index contributed by atoms with van der Waals surface area (Å²) in [4.78, 5) is 56.2. The van der Waals surface area contributed by atoms with Gasteiger partial charge in [0.05, 0.1) is 18.9 Å². The van der Waals surface area contributed by atoms with Gasteiger partial charge in [-0.15, -0.1) is 0 Å². The van der Waals surface area contributed by atoms with Gasteiger partial charge in [0, 0.05) is 55.2 Å². The van der Waals surface area contributed by atoms with E-state index < -0.39 is 35.5 Å². The molecule has 44 heavy (non-hydrogen) atoms. The Bertz CT molecular complexity index is 1510. The van der Waals surface area contributed by atoms with E-state index in [-0.39, 0.29) is 11.6 Å². The Hall–Kier alpha value is -4.92. The number of esters is 2. The number of piperazine rings is 1. The number of carbonyl (C=O) groups is 4. The summed E-state index contributed by atoms with van der Waals surface area (Å²) in [5, 5.41) is 5.36. The van der Waals surface area contributed by atoms with Crippen molar-refractivity contribution in [2.45, 2.75) is 25.6 Å². The van der Waals surface area contributed by atoms with E-state index in [0.717, 1.165) is 5.69 Å². The summed E-state index contributed by atoms with van der Waals surface area (Å²) in [5.41, 5.74) is 0.833. The second-order valence-corrected chi connectivity index (χ2v) is 10.6. The maximum atomic E-state index is 12.7. The zero-order valence-corrected chi connectivity index (χ0v) is 24.1. The number of nitrogens with zero attached hydrogens (tertiary/aromatic N) is 3. The first-order chi connectivity index (χ1) is 20.7. The average Bonchev–Trinajstić information content (AvgIpc) is 3.46. The largest absolute Gasteiger partial charge is 0.491 e. The van der Waals surface area contributed by atoms with Crippen LogP contribution in [0.2, 0.25) is 0 Å². The number of rotatable bonds is 8. The zero-order chi connectivity index (χ0) is 32.1. The molecule has 234 valence electrons. The van der Waals surface area contributed by atoms with Crippen LogP contribution in [0.25, 0.3) is 11.3 Å². The van der Waals surface area contributed by atoms with Crippen LogP contribution in [0.15, 0.2) is 59.1 Å². The van der Waals surface area contributed by atoms with Gasteiger partial charge in [0.15, 0.2) is 5.76 Å². The van der Waals surface area contributed by atoms with E-state index in [0.29, 0.717) is 49.7 Å². The molecular formula is C29H30F3N5O7. The van der Waals surface area contributed by atoms with Crippen LogP contribution in [-0.2, 0) is 19.1 Å². The second-order valence-electron chi connectivity index (χ2n) is 10.6. The highest BCUT2D eigenvalue weighted by Crippen LogP contribution is 2.26. The molecule has 1 aromatic heterocycles. The fraction of sp³-hybridized carbons (Fsp3) is 0.345. The number of oxazole rings is 1. The van der Waals surface area contributed by atoms with Gasteiger partial charge in [-0.05, 0) is 50.2 Å². The Labute approximate surface area is 250 Å². The summed E-state index contributed by atoms with van der Waals surface area (Å²) in [5.74, 6) is -5.15. The van der Waals surface area contributed by atoms with Gasteiger partial charge in [0.2, 0.25) is 0 Å². The Balaban J connectivity index is 1.25. The molecule has 2 heterocycles. The van der Waals surface area contributed by atoms with Crippen LogP contribution in [0.1, 0.15) is 24.2 Å². The van der Waals surface area contributed by atoms with Crippen molar-refractivity contribution in [3.8, 4) is 17.4 Å². The molecule has 0 aliphatic carbocycles. The minimum absolute atomic E-state index is 0.0976. The van der Waals surface area contributed by atoms with E-state index in [1.165, 1.54) is 25.4 Å². The maximum Gasteiger partial charge on any atom is 0.491 e. The maximum absolute atomic E-state index is 12.7. The fourth-order valence-corrected chi connectivity index (χ4v) is 4.56. The number of aromatic nitrogens is 1. The quantitative estimate of drug-likeness (QED) is 0.220. The van der Waals surface area contributed by atoms with Gasteiger partial charge in [-0.2, -0.15) is 18.2 Å². The lowest BCUT2D eigenvalue weighted by molar-refractivity contribution is -0.193. The number of nitrogens with one attached hydrogen (secondary N) is 2. The number of alkyl halides is 3. The van der Waals surface area contributed by atoms with Crippen LogP contribution >= 0.6 is 0 Å². The standard InChI is InChI=1S/C29H30F3N5O7/c1-28(2,35-24(39)23(38)34-20-6-4-5-19(15-20)22-16-33-27(42-3)43-22)17-36-11-13-37(14-12-36)21-9-7-18(8-10-21)25(40)44-26(41)29(30,31)32/h4-10,15-16H,11-14,17H2,1-3H3,(H,34,38)(H,35,39). The summed E-state index contributed by atoms with van der Waals surface area (Å²) in [6.45, 7) is 6.50. The third-order valence-electron chi connectivity index (χ3n) is 6.60. The Kier molecular flexibility index (Phi) is 9.57. The lowest BCUT2D eigenvalue weighted by Gasteiger charge is -2.40. The van der Waals surface area contributed by atoms with Crippen molar-refractivity contribution in [2.24, 2.45) is 0 Å². The second kappa shape index (κ2) is 13.2. The summed E-state index contributed by atoms with van der Waals surface area (Å²) >= 11 is 0. The van der Waals surface area contributed by atoms with Crippen LogP contribution < -0.4 is 20.3 Å². The summed E-state index contributed by atoms with van der Waals surface area (Å²) in [7, 11) is 1.43. The molecule has 0 saturated carbocycles. The van der Waals surface area contributed by atoms with Crippen LogP contribution in [0.4, 0.5) is 24.5 Å². The van der Waals surface area contributed by atoms with Crippen molar-refractivity contribution in [1.82, 2.24) is 15.2 Å². The predicted octanol–water partition coefficient (Wildman–Crippen LogP) is 3.25. The van der Waals surface area contributed by atoms with Gasteiger partial charge in [-0.3, -0.25) is 14.5 Å². The van der Waals surface area contributed by atoms with Crippen molar-refractivity contribution < 1.29 is 46.2 Å². The van der Waals surface area contributed by atoms with Crippen molar-refractivity contribution in [3.05, 3.63) is 60.3 Å². The van der Waals surface area contributed by atoms with Crippen LogP contribution in [0, 0.1) is 0 Å². The van der Waals surface area contributed by atoms with E-state index in [4.69, 9.17) is 9.15 Å². The van der Waals surface area contributed by atoms with Gasteiger partial charge >= 0.3 is 36.0 Å². The van der Waals surface area contributed by atoms with Gasteiger partial charge in [-0.25, -0.2) is 9.59 Å². The molecule has 0 spiro atoms. The van der Waals surface area contributed by atoms with E-state index in [9.17, 15) is 32.3 Å². The smallest absolute Gasteiger partial charge is 0.454 e. The molecular weight excluding hydrogens is 587 g/mol. The molecule has 4 rings (SSSR count). The Morgan fingerprint density at radius 3 is 2.27 bits per heavy atom. The molecule has 2 amide bonds. The normalized spacial score (nSPS) is 14.1. The summed E-state index contributed by atoms with van der Waals surface area (Å²) in [6.07, 6.45) is -3.68. The number of anilines is 2. The highest BCUT2D eigenvalue weighted by atomic mass is 19.4. The molecule has 12 nitrogen and oxygen atoms in total. The molecule has 0 unspecified atom stereocenters. The average molecular weight is 618 g/mol. The van der Waals surface area contributed by atoms with Gasteiger partial charge in [0.1, 0.15) is 0 Å². The number of carbonyl (C=O) groups excluding carboxylic acids is 4. The highest BCUT2D eigenvalue weighted by Gasteiger charge is 2.42. The molecule has 1 saturated heterocycles. The first-order valence-electron chi connectivity index (χ1n) is 13.4. The number of hydrogen-bond donors (Lipinski definition) is 2. The zero-order valence-electron chi connectivity index (χ0n) is 24.1. The number of ether oxygens (including phenoxy) is 2. The minimum atomic E-state index is -5.26. The van der Waals surface area contributed by atoms with Crippen LogP contribution in [0.3, 0.4) is 0 Å². The number of methoxy groups -OCH3 is 1. The van der Waals surface area contributed by atoms with Crippen LogP contribution in [-0.4, -0.2) is 85.2 Å². The third-order valence-corrected chi connectivity index (χ3v) is 6.60. The third kappa shape index (κ3) is 8.34. The predicted molar refractivity (Wildman–Crippen MR) is 151 cm³/mol. The number of amides is 2. The summed E-state index contributed by atoms with van der Waals surface area (Å²) in [6, 6.07) is 12.4. The Morgan fingerprint density at radius 1 is 0.977 bits per heavy atom. The van der Waals surface area contributed by atoms with Crippen molar-refractivity contribution in [1.29, 1.82) is 0 Å². The molecule has 2 N–H and O–H groups in total. The minimum Gasteiger partial charge on any atom is -0.454 e. The highest BCUT2D eigenvalue weighted by molar-refractivity contribution is 6.39. The van der Waals surface area contributed by atoms with Gasteiger partial charge in [-0.1, -0.05) is 12.1 Å². The van der Waals surface area contributed by atoms with E-state index in [1.807, 2.05) is 18.7 Å². The van der Waals surface area contributed by atoms with Gasteiger partial charge < -0.3 is 29.4 Å². The Morgan fingerprint density at radius 2 is 1.66 bits per heavy atom. The van der Waals surface area contributed by atoms with Crippen molar-refractivity contribution >= 4 is 35.1 Å². The lowest BCUT2D eigenvalue weighted by Crippen LogP contribution is -2.57. The van der Waals surface area contributed by atoms with E-state index >= 15 is 0 Å². The number of hydrogen-bond acceptors (Lipinski definition) is 10. The summed E-state index contributed by atoms with van der Waals surface area (Å²) < 4.78 is 51.2. The van der Waals surface area contributed by atoms with Crippen molar-refractivity contribution in [2.75, 3.05) is 50.1 Å². The molecule has 1 aliphatic rings. The molecule has 0 radical (unpaired) electrons. The van der Waals surface area contributed by atoms with E-state index in [1.54, 1.807) is 36.4 Å². The molecule has 1 aliphatic heterocycles. The molecule has 2 aromatic carbocycles. The van der Waals surface area contributed by atoms with Gasteiger partial charge in [0.25, 0.3) is 0 Å². The molecule has 3 aromatic rings. The topological polar surface area (TPSA) is 143 Å². The first-order valence-corrected chi connectivity index (χ1v) is 13.4. The number of halogens is 3.